The molecule has 1 unspecified atom stereocenters. The number of allylic oxidation sites excluding steroid dienone is 2. The van der Waals surface area contributed by atoms with E-state index in [2.05, 4.69) is 33.8 Å². The third kappa shape index (κ3) is 2.84. The summed E-state index contributed by atoms with van der Waals surface area (Å²) >= 11 is 0. The molecular formula is C8H15. The molecule has 1 atom stereocenters. The van der Waals surface area contributed by atoms with Crippen molar-refractivity contribution >= 4 is 0 Å². The van der Waals surface area contributed by atoms with Gasteiger partial charge in [-0.2, -0.15) is 0 Å². The summed E-state index contributed by atoms with van der Waals surface area (Å²) in [6, 6.07) is 0. The van der Waals surface area contributed by atoms with E-state index < -0.39 is 0 Å². The molecule has 0 aromatic carbocycles. The van der Waals surface area contributed by atoms with Gasteiger partial charge in [-0.3, -0.25) is 0 Å². The molecule has 0 spiro atoms. The van der Waals surface area contributed by atoms with Crippen LogP contribution in [0.3, 0.4) is 0 Å². The topological polar surface area (TPSA) is 0 Å². The first-order valence-electron chi connectivity index (χ1n) is 3.18. The molecule has 0 N–H and O–H groups in total. The zero-order valence-electron chi connectivity index (χ0n) is 6.07. The highest BCUT2D eigenvalue weighted by Gasteiger charge is 1.92. The van der Waals surface area contributed by atoms with E-state index in [4.69, 9.17) is 0 Å². The standard InChI is InChI=1S/C8H15/c1-5-6-8(4)7(2)3/h6-7H,2,5H2,1,3-4H3. The molecule has 0 bridgehead atoms. The normalized spacial score (nSPS) is 12.9. The van der Waals surface area contributed by atoms with Crippen LogP contribution in [-0.4, -0.2) is 0 Å². The van der Waals surface area contributed by atoms with E-state index in [9.17, 15) is 0 Å². The molecule has 8 heavy (non-hydrogen) atoms. The van der Waals surface area contributed by atoms with Crippen LogP contribution in [0.25, 0.3) is 0 Å². The van der Waals surface area contributed by atoms with E-state index in [-0.39, 0.29) is 0 Å². The van der Waals surface area contributed by atoms with Gasteiger partial charge in [-0.05, 0) is 26.2 Å². The number of rotatable bonds is 2. The average molecular weight is 111 g/mol. The summed E-state index contributed by atoms with van der Waals surface area (Å²) in [5.41, 5.74) is 1.40. The second-order valence-electron chi connectivity index (χ2n) is 2.26. The summed E-state index contributed by atoms with van der Waals surface area (Å²) in [4.78, 5) is 0. The Hall–Kier alpha value is -0.260. The van der Waals surface area contributed by atoms with Gasteiger partial charge in [-0.1, -0.05) is 25.5 Å². The quantitative estimate of drug-likeness (QED) is 0.481. The molecule has 0 rings (SSSR count). The van der Waals surface area contributed by atoms with Crippen LogP contribution in [0.15, 0.2) is 11.6 Å². The number of hydrogen-bond donors (Lipinski definition) is 0. The predicted octanol–water partition coefficient (Wildman–Crippen LogP) is 2.81. The molecule has 0 nitrogen and oxygen atoms in total. The van der Waals surface area contributed by atoms with Crippen LogP contribution in [0.5, 0.6) is 0 Å². The minimum atomic E-state index is 0.481. The third-order valence-electron chi connectivity index (χ3n) is 1.30. The molecule has 0 amide bonds. The van der Waals surface area contributed by atoms with Crippen molar-refractivity contribution in [2.75, 3.05) is 0 Å². The first-order chi connectivity index (χ1) is 3.68. The van der Waals surface area contributed by atoms with Gasteiger partial charge in [0.2, 0.25) is 0 Å². The average Bonchev–Trinajstić information content (AvgIpc) is 1.67. The number of hydrogen-bond acceptors (Lipinski definition) is 0. The maximum absolute atomic E-state index is 3.89. The molecule has 0 aliphatic heterocycles. The van der Waals surface area contributed by atoms with Crippen molar-refractivity contribution < 1.29 is 0 Å². The Morgan fingerprint density at radius 1 is 1.75 bits per heavy atom. The van der Waals surface area contributed by atoms with Crippen LogP contribution in [0.4, 0.5) is 0 Å². The molecule has 0 aromatic heterocycles. The zero-order chi connectivity index (χ0) is 6.57. The molecule has 47 valence electrons. The van der Waals surface area contributed by atoms with Gasteiger partial charge in [0.05, 0.1) is 0 Å². The molecule has 0 heteroatoms. The van der Waals surface area contributed by atoms with Crippen LogP contribution >= 0.6 is 0 Å². The van der Waals surface area contributed by atoms with Gasteiger partial charge in [0.25, 0.3) is 0 Å². The summed E-state index contributed by atoms with van der Waals surface area (Å²) in [6.45, 7) is 10.3. The maximum atomic E-state index is 3.89. The molecule has 0 aliphatic rings. The van der Waals surface area contributed by atoms with Gasteiger partial charge in [0.1, 0.15) is 0 Å². The van der Waals surface area contributed by atoms with Gasteiger partial charge in [-0.15, -0.1) is 0 Å². The fraction of sp³-hybridized carbons (Fsp3) is 0.625. The van der Waals surface area contributed by atoms with Crippen LogP contribution in [0.1, 0.15) is 27.2 Å². The Labute approximate surface area is 52.6 Å². The van der Waals surface area contributed by atoms with E-state index in [0.29, 0.717) is 5.92 Å². The Bertz CT molecular complexity index is 78.0. The van der Waals surface area contributed by atoms with Crippen molar-refractivity contribution in [3.8, 4) is 0 Å². The Morgan fingerprint density at radius 2 is 2.25 bits per heavy atom. The first-order valence-corrected chi connectivity index (χ1v) is 3.18. The third-order valence-corrected chi connectivity index (χ3v) is 1.30. The fourth-order valence-electron chi connectivity index (χ4n) is 0.523. The highest BCUT2D eigenvalue weighted by Crippen LogP contribution is 2.07. The Balaban J connectivity index is 3.61. The van der Waals surface area contributed by atoms with Gasteiger partial charge < -0.3 is 0 Å². The smallest absolute Gasteiger partial charge is 0.0234 e. The maximum Gasteiger partial charge on any atom is -0.0234 e. The van der Waals surface area contributed by atoms with Crippen molar-refractivity contribution in [2.24, 2.45) is 5.92 Å². The molecule has 0 saturated heterocycles. The lowest BCUT2D eigenvalue weighted by Crippen LogP contribution is -1.87. The summed E-state index contributed by atoms with van der Waals surface area (Å²) in [6.07, 6.45) is 3.35. The summed E-state index contributed by atoms with van der Waals surface area (Å²) in [5.74, 6) is 0.481. The monoisotopic (exact) mass is 111 g/mol. The Kier molecular flexibility index (Phi) is 3.59. The van der Waals surface area contributed by atoms with Gasteiger partial charge in [0, 0.05) is 0 Å². The summed E-state index contributed by atoms with van der Waals surface area (Å²) < 4.78 is 0. The Morgan fingerprint density at radius 3 is 2.38 bits per heavy atom. The second kappa shape index (κ2) is 3.71. The molecular weight excluding hydrogens is 96.1 g/mol. The highest BCUT2D eigenvalue weighted by atomic mass is 14.0. The molecule has 0 aliphatic carbocycles. The summed E-state index contributed by atoms with van der Waals surface area (Å²) in [5, 5.41) is 0. The van der Waals surface area contributed by atoms with Crippen LogP contribution in [0, 0.1) is 12.8 Å². The van der Waals surface area contributed by atoms with E-state index >= 15 is 0 Å². The summed E-state index contributed by atoms with van der Waals surface area (Å²) in [7, 11) is 0. The lowest BCUT2D eigenvalue weighted by molar-refractivity contribution is 0.848. The minimum Gasteiger partial charge on any atom is -0.0856 e. The lowest BCUT2D eigenvalue weighted by Gasteiger charge is -2.01. The molecule has 1 radical (unpaired) electrons. The van der Waals surface area contributed by atoms with Crippen molar-refractivity contribution in [3.05, 3.63) is 18.6 Å². The van der Waals surface area contributed by atoms with E-state index in [0.717, 1.165) is 6.42 Å². The molecule has 0 heterocycles. The minimum absolute atomic E-state index is 0.481. The zero-order valence-corrected chi connectivity index (χ0v) is 6.07. The van der Waals surface area contributed by atoms with Gasteiger partial charge in [0.15, 0.2) is 0 Å². The SMILES string of the molecule is [CH2]C(C)C(C)=CCC. The van der Waals surface area contributed by atoms with Crippen molar-refractivity contribution in [1.82, 2.24) is 0 Å². The largest absolute Gasteiger partial charge is 0.0856 e. The first kappa shape index (κ1) is 7.74. The van der Waals surface area contributed by atoms with Crippen LogP contribution in [-0.2, 0) is 0 Å². The van der Waals surface area contributed by atoms with Gasteiger partial charge >= 0.3 is 0 Å². The van der Waals surface area contributed by atoms with Gasteiger partial charge in [-0.25, -0.2) is 0 Å². The fourth-order valence-corrected chi connectivity index (χ4v) is 0.523. The second-order valence-corrected chi connectivity index (χ2v) is 2.26. The van der Waals surface area contributed by atoms with Crippen LogP contribution in [0.2, 0.25) is 0 Å². The highest BCUT2D eigenvalue weighted by molar-refractivity contribution is 5.02. The van der Waals surface area contributed by atoms with Crippen molar-refractivity contribution in [2.45, 2.75) is 27.2 Å². The van der Waals surface area contributed by atoms with Crippen molar-refractivity contribution in [1.29, 1.82) is 0 Å². The van der Waals surface area contributed by atoms with Crippen LogP contribution < -0.4 is 0 Å². The van der Waals surface area contributed by atoms with Crippen molar-refractivity contribution in [3.63, 3.8) is 0 Å². The van der Waals surface area contributed by atoms with E-state index in [1.54, 1.807) is 0 Å². The predicted molar refractivity (Wildman–Crippen MR) is 38.6 cm³/mol. The molecule has 0 aromatic rings. The molecule has 0 saturated carbocycles. The lowest BCUT2D eigenvalue weighted by atomic mass is 10.0. The van der Waals surface area contributed by atoms with E-state index in [1.807, 2.05) is 0 Å². The molecule has 0 fully saturated rings. The van der Waals surface area contributed by atoms with E-state index in [1.165, 1.54) is 5.57 Å².